The molecule has 1 aromatic heterocycles. The molecule has 1 aliphatic heterocycles. The number of aliphatic hydroxyl groups excluding tert-OH is 1. The van der Waals surface area contributed by atoms with Crippen LogP contribution in [0.2, 0.25) is 0 Å². The molecule has 1 aliphatic carbocycles. The highest BCUT2D eigenvalue weighted by atomic mass is 19.1. The molecule has 7 heteroatoms. The SMILES string of the molecule is O=C(N[C@@H]1C[C@@H](O)C12CCOCC2)c1cc2nc[nH]c2cc1F. The zero-order chi connectivity index (χ0) is 16.0. The van der Waals surface area contributed by atoms with Crippen molar-refractivity contribution in [2.75, 3.05) is 13.2 Å². The lowest BCUT2D eigenvalue weighted by Gasteiger charge is -2.55. The van der Waals surface area contributed by atoms with Gasteiger partial charge < -0.3 is 20.1 Å². The van der Waals surface area contributed by atoms with Gasteiger partial charge in [0.05, 0.1) is 29.0 Å². The van der Waals surface area contributed by atoms with Crippen LogP contribution in [-0.4, -0.2) is 46.3 Å². The van der Waals surface area contributed by atoms with Gasteiger partial charge in [0.1, 0.15) is 5.82 Å². The lowest BCUT2D eigenvalue weighted by atomic mass is 9.58. The van der Waals surface area contributed by atoms with Crippen LogP contribution in [0.3, 0.4) is 0 Å². The molecular weight excluding hydrogens is 301 g/mol. The molecule has 2 fully saturated rings. The zero-order valence-corrected chi connectivity index (χ0v) is 12.5. The topological polar surface area (TPSA) is 87.2 Å². The molecule has 0 bridgehead atoms. The van der Waals surface area contributed by atoms with Crippen molar-refractivity contribution < 1.29 is 19.0 Å². The third kappa shape index (κ3) is 2.22. The maximum absolute atomic E-state index is 14.2. The summed E-state index contributed by atoms with van der Waals surface area (Å²) in [5.74, 6) is -1.05. The van der Waals surface area contributed by atoms with Gasteiger partial charge in [-0.1, -0.05) is 0 Å². The molecule has 122 valence electrons. The number of hydrogen-bond donors (Lipinski definition) is 3. The van der Waals surface area contributed by atoms with E-state index in [0.29, 0.717) is 43.5 Å². The molecule has 2 aliphatic rings. The first-order valence-electron chi connectivity index (χ1n) is 7.79. The molecule has 2 heterocycles. The van der Waals surface area contributed by atoms with Crippen LogP contribution in [-0.2, 0) is 4.74 Å². The summed E-state index contributed by atoms with van der Waals surface area (Å²) in [6.45, 7) is 1.16. The molecule has 0 unspecified atom stereocenters. The minimum atomic E-state index is -0.583. The number of carbonyl (C=O) groups is 1. The molecule has 1 saturated heterocycles. The second kappa shape index (κ2) is 5.28. The molecule has 1 saturated carbocycles. The monoisotopic (exact) mass is 319 g/mol. The quantitative estimate of drug-likeness (QED) is 0.780. The summed E-state index contributed by atoms with van der Waals surface area (Å²) in [5.41, 5.74) is 0.749. The summed E-state index contributed by atoms with van der Waals surface area (Å²) in [4.78, 5) is 19.3. The highest BCUT2D eigenvalue weighted by Crippen LogP contribution is 2.49. The normalized spacial score (nSPS) is 26.2. The number of H-pyrrole nitrogens is 1. The third-order valence-corrected chi connectivity index (χ3v) is 5.30. The van der Waals surface area contributed by atoms with Crippen molar-refractivity contribution in [3.8, 4) is 0 Å². The molecule has 23 heavy (non-hydrogen) atoms. The Bertz CT molecular complexity index is 754. The molecule has 4 rings (SSSR count). The minimum Gasteiger partial charge on any atom is -0.392 e. The number of aromatic amines is 1. The number of amides is 1. The van der Waals surface area contributed by atoms with Crippen molar-refractivity contribution in [3.63, 3.8) is 0 Å². The summed E-state index contributed by atoms with van der Waals surface area (Å²) in [6, 6.07) is 2.57. The van der Waals surface area contributed by atoms with Crippen LogP contribution in [0.1, 0.15) is 29.6 Å². The van der Waals surface area contributed by atoms with Gasteiger partial charge in [0, 0.05) is 30.7 Å². The van der Waals surface area contributed by atoms with Crippen LogP contribution in [0, 0.1) is 11.2 Å². The number of nitrogens with zero attached hydrogens (tertiary/aromatic N) is 1. The maximum atomic E-state index is 14.2. The van der Waals surface area contributed by atoms with Gasteiger partial charge >= 0.3 is 0 Å². The van der Waals surface area contributed by atoms with E-state index in [0.717, 1.165) is 0 Å². The van der Waals surface area contributed by atoms with E-state index in [1.165, 1.54) is 18.5 Å². The Labute approximate surface area is 132 Å². The number of rotatable bonds is 2. The number of ether oxygens (including phenoxy) is 1. The van der Waals surface area contributed by atoms with Crippen molar-refractivity contribution in [2.45, 2.75) is 31.4 Å². The smallest absolute Gasteiger partial charge is 0.254 e. The largest absolute Gasteiger partial charge is 0.392 e. The zero-order valence-electron chi connectivity index (χ0n) is 12.5. The Hall–Kier alpha value is -1.99. The van der Waals surface area contributed by atoms with Crippen LogP contribution in [0.4, 0.5) is 4.39 Å². The number of carbonyl (C=O) groups excluding carboxylic acids is 1. The van der Waals surface area contributed by atoms with E-state index in [9.17, 15) is 14.3 Å². The Balaban J connectivity index is 1.56. The molecule has 2 atom stereocenters. The number of nitrogens with one attached hydrogen (secondary N) is 2. The van der Waals surface area contributed by atoms with E-state index in [1.54, 1.807) is 0 Å². The summed E-state index contributed by atoms with van der Waals surface area (Å²) in [5, 5.41) is 13.0. The second-order valence-electron chi connectivity index (χ2n) is 6.37. The Morgan fingerprint density at radius 2 is 2.22 bits per heavy atom. The third-order valence-electron chi connectivity index (χ3n) is 5.30. The van der Waals surface area contributed by atoms with E-state index in [-0.39, 0.29) is 17.0 Å². The van der Waals surface area contributed by atoms with Gasteiger partial charge in [-0.25, -0.2) is 9.37 Å². The van der Waals surface area contributed by atoms with Crippen LogP contribution in [0.5, 0.6) is 0 Å². The molecule has 0 radical (unpaired) electrons. The van der Waals surface area contributed by atoms with Gasteiger partial charge in [-0.15, -0.1) is 0 Å². The first-order valence-corrected chi connectivity index (χ1v) is 7.79. The molecule has 2 aromatic rings. The maximum Gasteiger partial charge on any atom is 0.254 e. The van der Waals surface area contributed by atoms with Crippen molar-refractivity contribution in [1.29, 1.82) is 0 Å². The fourth-order valence-electron chi connectivity index (χ4n) is 3.77. The molecule has 3 N–H and O–H groups in total. The van der Waals surface area contributed by atoms with E-state index in [4.69, 9.17) is 4.74 Å². The average Bonchev–Trinajstić information content (AvgIpc) is 3.01. The number of aromatic nitrogens is 2. The minimum absolute atomic E-state index is 0.0202. The number of halogens is 1. The number of imidazole rings is 1. The van der Waals surface area contributed by atoms with Gasteiger partial charge in [-0.05, 0) is 25.3 Å². The van der Waals surface area contributed by atoms with Crippen LogP contribution in [0.25, 0.3) is 11.0 Å². The van der Waals surface area contributed by atoms with Gasteiger partial charge in [0.2, 0.25) is 0 Å². The number of hydrogen-bond acceptors (Lipinski definition) is 4. The fourth-order valence-corrected chi connectivity index (χ4v) is 3.77. The molecule has 1 aromatic carbocycles. The summed E-state index contributed by atoms with van der Waals surface area (Å²) >= 11 is 0. The summed E-state index contributed by atoms with van der Waals surface area (Å²) < 4.78 is 19.5. The van der Waals surface area contributed by atoms with Gasteiger partial charge in [-0.3, -0.25) is 4.79 Å². The highest BCUT2D eigenvalue weighted by molar-refractivity contribution is 5.97. The number of benzene rings is 1. The van der Waals surface area contributed by atoms with E-state index < -0.39 is 17.8 Å². The lowest BCUT2D eigenvalue weighted by Crippen LogP contribution is -2.65. The van der Waals surface area contributed by atoms with Crippen molar-refractivity contribution in [3.05, 3.63) is 29.8 Å². The predicted molar refractivity (Wildman–Crippen MR) is 80.4 cm³/mol. The Kier molecular flexibility index (Phi) is 3.35. The fraction of sp³-hybridized carbons (Fsp3) is 0.500. The van der Waals surface area contributed by atoms with E-state index in [1.807, 2.05) is 0 Å². The van der Waals surface area contributed by atoms with Crippen LogP contribution in [0.15, 0.2) is 18.5 Å². The number of aliphatic hydroxyl groups is 1. The molecule has 1 spiro atoms. The molecular formula is C16H18FN3O3. The first-order chi connectivity index (χ1) is 11.1. The van der Waals surface area contributed by atoms with E-state index >= 15 is 0 Å². The Morgan fingerprint density at radius 1 is 1.43 bits per heavy atom. The second-order valence-corrected chi connectivity index (χ2v) is 6.37. The van der Waals surface area contributed by atoms with Crippen molar-refractivity contribution in [2.24, 2.45) is 5.41 Å². The molecule has 6 nitrogen and oxygen atoms in total. The van der Waals surface area contributed by atoms with Crippen molar-refractivity contribution >= 4 is 16.9 Å². The average molecular weight is 319 g/mol. The van der Waals surface area contributed by atoms with E-state index in [2.05, 4.69) is 15.3 Å². The Morgan fingerprint density at radius 3 is 2.96 bits per heavy atom. The predicted octanol–water partition coefficient (Wildman–Crippen LogP) is 1.36. The molecule has 1 amide bonds. The van der Waals surface area contributed by atoms with Gasteiger partial charge in [0.15, 0.2) is 0 Å². The van der Waals surface area contributed by atoms with Crippen LogP contribution >= 0.6 is 0 Å². The highest BCUT2D eigenvalue weighted by Gasteiger charge is 2.55. The van der Waals surface area contributed by atoms with Gasteiger partial charge in [-0.2, -0.15) is 0 Å². The number of fused-ring (bicyclic) bond motifs is 1. The van der Waals surface area contributed by atoms with Crippen LogP contribution < -0.4 is 5.32 Å². The van der Waals surface area contributed by atoms with Gasteiger partial charge in [0.25, 0.3) is 5.91 Å². The standard InChI is InChI=1S/C16H18FN3O3/c17-10-6-12-11(18-8-19-12)5-9(10)15(22)20-13-7-14(21)16(13)1-3-23-4-2-16/h5-6,8,13-14,21H,1-4,7H2,(H,18,19)(H,20,22)/t13-,14-/m1/s1. The lowest BCUT2D eigenvalue weighted by molar-refractivity contribution is -0.145. The van der Waals surface area contributed by atoms with Crippen molar-refractivity contribution in [1.82, 2.24) is 15.3 Å². The first kappa shape index (κ1) is 14.6. The summed E-state index contributed by atoms with van der Waals surface area (Å²) in [6.07, 6.45) is 2.94. The summed E-state index contributed by atoms with van der Waals surface area (Å²) in [7, 11) is 0.